The van der Waals surface area contributed by atoms with E-state index in [1.165, 1.54) is 12.1 Å². The van der Waals surface area contributed by atoms with E-state index < -0.39 is 0 Å². The van der Waals surface area contributed by atoms with Crippen LogP contribution in [0, 0.1) is 18.3 Å². The number of carbonyl (C=O) groups excluding carboxylic acids is 1. The Morgan fingerprint density at radius 1 is 1.64 bits per heavy atom. The molecule has 0 aliphatic heterocycles. The zero-order chi connectivity index (χ0) is 10.7. The number of phenols is 1. The molecule has 0 atom stereocenters. The smallest absolute Gasteiger partial charge is 0.173 e. The molecule has 0 spiro atoms. The summed E-state index contributed by atoms with van der Waals surface area (Å²) < 4.78 is 0. The highest BCUT2D eigenvalue weighted by Crippen LogP contribution is 2.22. The minimum atomic E-state index is -0.151. The summed E-state index contributed by atoms with van der Waals surface area (Å²) in [6.07, 6.45) is 0. The van der Waals surface area contributed by atoms with Crippen molar-refractivity contribution in [3.63, 3.8) is 0 Å². The molecule has 0 amide bonds. The van der Waals surface area contributed by atoms with Crippen molar-refractivity contribution in [2.75, 3.05) is 5.33 Å². The maximum absolute atomic E-state index is 11.3. The van der Waals surface area contributed by atoms with Crippen molar-refractivity contribution in [1.82, 2.24) is 0 Å². The van der Waals surface area contributed by atoms with Crippen molar-refractivity contribution in [3.05, 3.63) is 28.8 Å². The normalized spacial score (nSPS) is 9.50. The van der Waals surface area contributed by atoms with E-state index in [4.69, 9.17) is 5.26 Å². The summed E-state index contributed by atoms with van der Waals surface area (Å²) >= 11 is 3.05. The molecule has 1 aromatic rings. The maximum Gasteiger partial charge on any atom is 0.173 e. The molecule has 4 heteroatoms. The number of carbonyl (C=O) groups is 1. The molecule has 14 heavy (non-hydrogen) atoms. The van der Waals surface area contributed by atoms with Crippen molar-refractivity contribution in [3.8, 4) is 11.8 Å². The summed E-state index contributed by atoms with van der Waals surface area (Å²) in [6.45, 7) is 1.73. The highest BCUT2D eigenvalue weighted by molar-refractivity contribution is 9.09. The van der Waals surface area contributed by atoms with Crippen LogP contribution in [-0.2, 0) is 0 Å². The molecular weight excluding hydrogens is 246 g/mol. The van der Waals surface area contributed by atoms with Gasteiger partial charge in [0, 0.05) is 5.56 Å². The van der Waals surface area contributed by atoms with E-state index in [1.54, 1.807) is 6.92 Å². The Bertz CT molecular complexity index is 421. The molecule has 1 N–H and O–H groups in total. The highest BCUT2D eigenvalue weighted by atomic mass is 79.9. The SMILES string of the molecule is Cc1cc(C#N)c(O)cc1C(=O)CBr. The minimum absolute atomic E-state index is 0.109. The standard InChI is InChI=1S/C10H8BrNO2/c1-6-2-7(5-12)9(13)3-8(6)10(14)4-11/h2-3,13H,4H2,1H3. The molecule has 1 rings (SSSR count). The van der Waals surface area contributed by atoms with Gasteiger partial charge in [0.15, 0.2) is 5.78 Å². The fourth-order valence-corrected chi connectivity index (χ4v) is 1.46. The number of ketones is 1. The minimum Gasteiger partial charge on any atom is -0.507 e. The van der Waals surface area contributed by atoms with Gasteiger partial charge in [-0.1, -0.05) is 15.9 Å². The van der Waals surface area contributed by atoms with Gasteiger partial charge in [0.05, 0.1) is 10.9 Å². The molecule has 0 unspecified atom stereocenters. The van der Waals surface area contributed by atoms with E-state index in [-0.39, 0.29) is 22.4 Å². The molecule has 0 aromatic heterocycles. The van der Waals surface area contributed by atoms with Gasteiger partial charge in [0.2, 0.25) is 0 Å². The molecule has 0 fully saturated rings. The van der Waals surface area contributed by atoms with Crippen LogP contribution in [-0.4, -0.2) is 16.2 Å². The lowest BCUT2D eigenvalue weighted by Crippen LogP contribution is -2.03. The average molecular weight is 254 g/mol. The summed E-state index contributed by atoms with van der Waals surface area (Å²) in [4.78, 5) is 11.3. The highest BCUT2D eigenvalue weighted by Gasteiger charge is 2.11. The molecule has 0 aliphatic carbocycles. The van der Waals surface area contributed by atoms with Crippen molar-refractivity contribution in [2.45, 2.75) is 6.92 Å². The Labute approximate surface area is 90.1 Å². The summed E-state index contributed by atoms with van der Waals surface area (Å²) in [5.74, 6) is -0.260. The van der Waals surface area contributed by atoms with E-state index in [9.17, 15) is 9.90 Å². The van der Waals surface area contributed by atoms with Crippen LogP contribution in [0.1, 0.15) is 21.5 Å². The second-order valence-electron chi connectivity index (χ2n) is 2.85. The van der Waals surface area contributed by atoms with Crippen LogP contribution in [0.15, 0.2) is 12.1 Å². The molecule has 0 radical (unpaired) electrons. The van der Waals surface area contributed by atoms with Gasteiger partial charge in [-0.05, 0) is 24.6 Å². The summed E-state index contributed by atoms with van der Waals surface area (Å²) in [6, 6.07) is 4.68. The van der Waals surface area contributed by atoms with Crippen LogP contribution in [0.5, 0.6) is 5.75 Å². The number of Topliss-reactive ketones (excluding diaryl/α,β-unsaturated/α-hetero) is 1. The van der Waals surface area contributed by atoms with Crippen molar-refractivity contribution >= 4 is 21.7 Å². The van der Waals surface area contributed by atoms with Crippen LogP contribution in [0.2, 0.25) is 0 Å². The number of alkyl halides is 1. The Balaban J connectivity index is 3.30. The zero-order valence-corrected chi connectivity index (χ0v) is 9.13. The third kappa shape index (κ3) is 1.94. The van der Waals surface area contributed by atoms with Gasteiger partial charge >= 0.3 is 0 Å². The number of aromatic hydroxyl groups is 1. The number of hydrogen-bond acceptors (Lipinski definition) is 3. The predicted octanol–water partition coefficient (Wildman–Crippen LogP) is 2.15. The van der Waals surface area contributed by atoms with E-state index in [0.717, 1.165) is 0 Å². The zero-order valence-electron chi connectivity index (χ0n) is 7.54. The molecule has 0 heterocycles. The molecule has 0 aliphatic rings. The third-order valence-electron chi connectivity index (χ3n) is 1.88. The largest absolute Gasteiger partial charge is 0.507 e. The monoisotopic (exact) mass is 253 g/mol. The number of hydrogen-bond donors (Lipinski definition) is 1. The van der Waals surface area contributed by atoms with Gasteiger partial charge in [0.1, 0.15) is 11.8 Å². The second kappa shape index (κ2) is 4.25. The Hall–Kier alpha value is -1.34. The number of phenolic OH excluding ortho intramolecular Hbond substituents is 1. The number of aryl methyl sites for hydroxylation is 1. The first kappa shape index (κ1) is 10.7. The lowest BCUT2D eigenvalue weighted by molar-refractivity contribution is 0.102. The number of halogens is 1. The van der Waals surface area contributed by atoms with Gasteiger partial charge in [-0.25, -0.2) is 0 Å². The van der Waals surface area contributed by atoms with E-state index in [0.29, 0.717) is 11.1 Å². The van der Waals surface area contributed by atoms with Gasteiger partial charge < -0.3 is 5.11 Å². The fourth-order valence-electron chi connectivity index (χ4n) is 1.16. The van der Waals surface area contributed by atoms with Gasteiger partial charge in [-0.15, -0.1) is 0 Å². The predicted molar refractivity (Wildman–Crippen MR) is 55.7 cm³/mol. The van der Waals surface area contributed by atoms with E-state index >= 15 is 0 Å². The second-order valence-corrected chi connectivity index (χ2v) is 3.41. The maximum atomic E-state index is 11.3. The molecule has 0 bridgehead atoms. The van der Waals surface area contributed by atoms with Gasteiger partial charge in [-0.2, -0.15) is 5.26 Å². The number of benzene rings is 1. The van der Waals surface area contributed by atoms with Crippen molar-refractivity contribution < 1.29 is 9.90 Å². The molecule has 72 valence electrons. The first-order chi connectivity index (χ1) is 6.60. The Morgan fingerprint density at radius 3 is 2.79 bits per heavy atom. The summed E-state index contributed by atoms with van der Waals surface area (Å²) in [5.41, 5.74) is 1.33. The molecule has 0 saturated carbocycles. The number of nitrogens with zero attached hydrogens (tertiary/aromatic N) is 1. The molecule has 0 saturated heterocycles. The first-order valence-electron chi connectivity index (χ1n) is 3.93. The number of nitriles is 1. The van der Waals surface area contributed by atoms with Crippen molar-refractivity contribution in [2.24, 2.45) is 0 Å². The van der Waals surface area contributed by atoms with Crippen molar-refractivity contribution in [1.29, 1.82) is 5.26 Å². The number of rotatable bonds is 2. The van der Waals surface area contributed by atoms with Crippen LogP contribution >= 0.6 is 15.9 Å². The lowest BCUT2D eigenvalue weighted by Gasteiger charge is -2.04. The molecule has 3 nitrogen and oxygen atoms in total. The first-order valence-corrected chi connectivity index (χ1v) is 5.05. The van der Waals surface area contributed by atoms with E-state index in [1.807, 2.05) is 6.07 Å². The quantitative estimate of drug-likeness (QED) is 0.649. The van der Waals surface area contributed by atoms with E-state index in [2.05, 4.69) is 15.9 Å². The van der Waals surface area contributed by atoms with Crippen LogP contribution in [0.25, 0.3) is 0 Å². The third-order valence-corrected chi connectivity index (χ3v) is 2.39. The van der Waals surface area contributed by atoms with Gasteiger partial charge in [0.25, 0.3) is 0 Å². The van der Waals surface area contributed by atoms with Gasteiger partial charge in [-0.3, -0.25) is 4.79 Å². The van der Waals surface area contributed by atoms with Crippen LogP contribution in [0.3, 0.4) is 0 Å². The topological polar surface area (TPSA) is 61.1 Å². The van der Waals surface area contributed by atoms with Crippen LogP contribution in [0.4, 0.5) is 0 Å². The lowest BCUT2D eigenvalue weighted by atomic mass is 10.0. The fraction of sp³-hybridized carbons (Fsp3) is 0.200. The Morgan fingerprint density at radius 2 is 2.29 bits per heavy atom. The average Bonchev–Trinajstić information content (AvgIpc) is 2.19. The molecule has 1 aromatic carbocycles. The molecular formula is C10H8BrNO2. The summed E-state index contributed by atoms with van der Waals surface area (Å²) in [7, 11) is 0. The summed E-state index contributed by atoms with van der Waals surface area (Å²) in [5, 5.41) is 18.2. The Kier molecular flexibility index (Phi) is 3.26. The van der Waals surface area contributed by atoms with Crippen LogP contribution < -0.4 is 0 Å².